The molecule has 0 bridgehead atoms. The molecule has 0 aromatic heterocycles. The number of aromatic hydroxyl groups is 1. The normalized spacial score (nSPS) is 16.4. The largest absolute Gasteiger partial charge is 0.507 e. The number of hydrogen-bond donors (Lipinski definition) is 1. The first-order valence-corrected chi connectivity index (χ1v) is 8.75. The monoisotopic (exact) mass is 457 g/mol. The summed E-state index contributed by atoms with van der Waals surface area (Å²) in [4.78, 5) is 26.1. The Balaban J connectivity index is 1.92. The quantitative estimate of drug-likeness (QED) is 0.515. The Kier molecular flexibility index (Phi) is 4.65. The molecule has 1 aliphatic rings. The summed E-state index contributed by atoms with van der Waals surface area (Å²) >= 11 is 8.72. The SMILES string of the molecule is O=C1S/C(=C/c2ccc(O)c(I)c2)C(=O)N1c1ccc(Cl)cc1. The zero-order chi connectivity index (χ0) is 16.6. The lowest BCUT2D eigenvalue weighted by Crippen LogP contribution is -2.27. The molecule has 0 spiro atoms. The van der Waals surface area contributed by atoms with Gasteiger partial charge in [-0.3, -0.25) is 9.59 Å². The van der Waals surface area contributed by atoms with Crippen molar-refractivity contribution < 1.29 is 14.7 Å². The number of hydrogen-bond acceptors (Lipinski definition) is 4. The molecule has 4 nitrogen and oxygen atoms in total. The van der Waals surface area contributed by atoms with Crippen LogP contribution in [0.1, 0.15) is 5.56 Å². The molecule has 1 N–H and O–H groups in total. The summed E-state index contributed by atoms with van der Waals surface area (Å²) in [6.45, 7) is 0. The minimum atomic E-state index is -0.370. The van der Waals surface area contributed by atoms with Gasteiger partial charge in [0, 0.05) is 5.02 Å². The molecule has 2 aromatic carbocycles. The van der Waals surface area contributed by atoms with Crippen LogP contribution in [0.25, 0.3) is 6.08 Å². The van der Waals surface area contributed by atoms with Crippen molar-refractivity contribution >= 4 is 68.9 Å². The third kappa shape index (κ3) is 3.39. The summed E-state index contributed by atoms with van der Waals surface area (Å²) in [6.07, 6.45) is 1.64. The van der Waals surface area contributed by atoms with Gasteiger partial charge in [-0.1, -0.05) is 17.7 Å². The number of carbonyl (C=O) groups is 2. The van der Waals surface area contributed by atoms with Crippen LogP contribution in [0.4, 0.5) is 10.5 Å². The molecule has 3 rings (SSSR count). The average Bonchev–Trinajstić information content (AvgIpc) is 2.79. The lowest BCUT2D eigenvalue weighted by molar-refractivity contribution is -0.113. The van der Waals surface area contributed by atoms with Crippen molar-refractivity contribution in [3.05, 3.63) is 61.5 Å². The zero-order valence-electron chi connectivity index (χ0n) is 11.5. The number of thioether (sulfide) groups is 1. The van der Waals surface area contributed by atoms with Gasteiger partial charge in [-0.2, -0.15) is 0 Å². The van der Waals surface area contributed by atoms with Gasteiger partial charge in [0.25, 0.3) is 11.1 Å². The molecule has 2 aromatic rings. The van der Waals surface area contributed by atoms with Crippen molar-refractivity contribution in [3.8, 4) is 5.75 Å². The Morgan fingerprint density at radius 1 is 1.13 bits per heavy atom. The van der Waals surface area contributed by atoms with Crippen molar-refractivity contribution in [3.63, 3.8) is 0 Å². The fourth-order valence-corrected chi connectivity index (χ4v) is 3.55. The lowest BCUT2D eigenvalue weighted by Gasteiger charge is -2.12. The van der Waals surface area contributed by atoms with E-state index in [0.717, 1.165) is 22.2 Å². The van der Waals surface area contributed by atoms with Crippen LogP contribution in [0.15, 0.2) is 47.4 Å². The number of phenols is 1. The lowest BCUT2D eigenvalue weighted by atomic mass is 10.2. The third-order valence-corrected chi connectivity index (χ3v) is 5.13. The topological polar surface area (TPSA) is 57.6 Å². The number of amides is 2. The number of imide groups is 1. The fourth-order valence-electron chi connectivity index (χ4n) is 2.04. The van der Waals surface area contributed by atoms with Crippen LogP contribution >= 0.6 is 46.0 Å². The van der Waals surface area contributed by atoms with Crippen LogP contribution in [0.3, 0.4) is 0 Å². The highest BCUT2D eigenvalue weighted by Gasteiger charge is 2.36. The van der Waals surface area contributed by atoms with E-state index in [9.17, 15) is 14.7 Å². The maximum Gasteiger partial charge on any atom is 0.298 e. The first-order valence-electron chi connectivity index (χ1n) is 6.48. The number of halogens is 2. The fraction of sp³-hybridized carbons (Fsp3) is 0. The molecule has 1 saturated heterocycles. The van der Waals surface area contributed by atoms with Crippen molar-refractivity contribution in [2.24, 2.45) is 0 Å². The number of anilines is 1. The van der Waals surface area contributed by atoms with Crippen molar-refractivity contribution in [1.82, 2.24) is 0 Å². The summed E-state index contributed by atoms with van der Waals surface area (Å²) in [6, 6.07) is 11.5. The number of carbonyl (C=O) groups excluding carboxylic acids is 2. The standard InChI is InChI=1S/C16H9ClINO3S/c17-10-2-4-11(5-3-10)19-15(21)14(23-16(19)22)8-9-1-6-13(20)12(18)7-9/h1-8,20H/b14-8+. The molecule has 116 valence electrons. The van der Waals surface area contributed by atoms with E-state index in [4.69, 9.17) is 11.6 Å². The van der Waals surface area contributed by atoms with Crippen molar-refractivity contribution in [2.45, 2.75) is 0 Å². The molecular weight excluding hydrogens is 449 g/mol. The molecule has 1 fully saturated rings. The highest BCUT2D eigenvalue weighted by molar-refractivity contribution is 14.1. The Morgan fingerprint density at radius 2 is 1.83 bits per heavy atom. The molecule has 0 atom stereocenters. The van der Waals surface area contributed by atoms with Gasteiger partial charge in [0.2, 0.25) is 0 Å². The molecular formula is C16H9ClINO3S. The third-order valence-electron chi connectivity index (χ3n) is 3.15. The molecule has 0 radical (unpaired) electrons. The van der Waals surface area contributed by atoms with E-state index >= 15 is 0 Å². The maximum absolute atomic E-state index is 12.5. The second kappa shape index (κ2) is 6.54. The maximum atomic E-state index is 12.5. The Labute approximate surface area is 155 Å². The van der Waals surface area contributed by atoms with Gasteiger partial charge in [-0.25, -0.2) is 4.90 Å². The molecule has 0 unspecified atom stereocenters. The predicted molar refractivity (Wildman–Crippen MR) is 101 cm³/mol. The highest BCUT2D eigenvalue weighted by atomic mass is 127. The van der Waals surface area contributed by atoms with Crippen molar-refractivity contribution in [2.75, 3.05) is 4.90 Å². The van der Waals surface area contributed by atoms with Crippen LogP contribution in [0.2, 0.25) is 5.02 Å². The Hall–Kier alpha value is -1.51. The van der Waals surface area contributed by atoms with Gasteiger partial charge >= 0.3 is 0 Å². The summed E-state index contributed by atoms with van der Waals surface area (Å²) in [5.41, 5.74) is 1.23. The van der Waals surface area contributed by atoms with Crippen LogP contribution < -0.4 is 4.90 Å². The minimum absolute atomic E-state index is 0.178. The smallest absolute Gasteiger partial charge is 0.298 e. The molecule has 0 aliphatic carbocycles. The van der Waals surface area contributed by atoms with E-state index in [1.807, 2.05) is 22.6 Å². The van der Waals surface area contributed by atoms with Gasteiger partial charge in [0.15, 0.2) is 0 Å². The first-order chi connectivity index (χ1) is 11.0. The molecule has 2 amide bonds. The van der Waals surface area contributed by atoms with Gasteiger partial charge in [-0.05, 0) is 82.4 Å². The predicted octanol–water partition coefficient (Wildman–Crippen LogP) is 4.89. The molecule has 1 aliphatic heterocycles. The second-order valence-corrected chi connectivity index (χ2v) is 7.30. The van der Waals surface area contributed by atoms with E-state index in [1.165, 1.54) is 0 Å². The highest BCUT2D eigenvalue weighted by Crippen LogP contribution is 2.36. The van der Waals surface area contributed by atoms with E-state index in [1.54, 1.807) is 48.5 Å². The van der Waals surface area contributed by atoms with E-state index in [2.05, 4.69) is 0 Å². The van der Waals surface area contributed by atoms with Gasteiger partial charge < -0.3 is 5.11 Å². The number of benzene rings is 2. The Morgan fingerprint density at radius 3 is 2.48 bits per heavy atom. The molecule has 23 heavy (non-hydrogen) atoms. The average molecular weight is 458 g/mol. The number of nitrogens with zero attached hydrogens (tertiary/aromatic N) is 1. The molecule has 0 saturated carbocycles. The summed E-state index contributed by atoms with van der Waals surface area (Å²) < 4.78 is 0.674. The van der Waals surface area contributed by atoms with Crippen LogP contribution in [0.5, 0.6) is 5.75 Å². The van der Waals surface area contributed by atoms with E-state index in [-0.39, 0.29) is 16.9 Å². The number of phenolic OH excluding ortho intramolecular Hbond substituents is 1. The van der Waals surface area contributed by atoms with E-state index in [0.29, 0.717) is 19.2 Å². The summed E-state index contributed by atoms with van der Waals surface area (Å²) in [5.74, 6) is -0.192. The van der Waals surface area contributed by atoms with Crippen LogP contribution in [-0.2, 0) is 4.79 Å². The van der Waals surface area contributed by atoms with Crippen LogP contribution in [-0.4, -0.2) is 16.3 Å². The first kappa shape index (κ1) is 16.4. The summed E-state index contributed by atoms with van der Waals surface area (Å²) in [5, 5.41) is 9.73. The van der Waals surface area contributed by atoms with Gasteiger partial charge in [0.05, 0.1) is 14.2 Å². The van der Waals surface area contributed by atoms with Crippen LogP contribution in [0, 0.1) is 3.57 Å². The van der Waals surface area contributed by atoms with Gasteiger partial charge in [-0.15, -0.1) is 0 Å². The van der Waals surface area contributed by atoms with Gasteiger partial charge in [0.1, 0.15) is 5.75 Å². The summed E-state index contributed by atoms with van der Waals surface area (Å²) in [7, 11) is 0. The van der Waals surface area contributed by atoms with Crippen molar-refractivity contribution in [1.29, 1.82) is 0 Å². The minimum Gasteiger partial charge on any atom is -0.507 e. The number of rotatable bonds is 2. The Bertz CT molecular complexity index is 836. The zero-order valence-corrected chi connectivity index (χ0v) is 15.2. The second-order valence-electron chi connectivity index (χ2n) is 4.70. The van der Waals surface area contributed by atoms with E-state index < -0.39 is 0 Å². The molecule has 1 heterocycles. The molecule has 7 heteroatoms.